The fourth-order valence-corrected chi connectivity index (χ4v) is 3.71. The number of amides is 1. The normalized spacial score (nSPS) is 12.9. The fraction of sp³-hybridized carbons (Fsp3) is 0.167. The van der Waals surface area contributed by atoms with Crippen molar-refractivity contribution < 1.29 is 17.6 Å². The highest BCUT2D eigenvalue weighted by Gasteiger charge is 2.20. The molecule has 0 bridgehead atoms. The van der Waals surface area contributed by atoms with Gasteiger partial charge >= 0.3 is 0 Å². The van der Waals surface area contributed by atoms with Crippen LogP contribution in [0.25, 0.3) is 11.0 Å². The van der Waals surface area contributed by atoms with E-state index in [9.17, 15) is 13.2 Å². The van der Waals surface area contributed by atoms with Crippen molar-refractivity contribution in [2.75, 3.05) is 5.32 Å². The van der Waals surface area contributed by atoms with Gasteiger partial charge in [0.1, 0.15) is 11.3 Å². The van der Waals surface area contributed by atoms with Gasteiger partial charge in [-0.2, -0.15) is 0 Å². The number of rotatable bonds is 5. The van der Waals surface area contributed by atoms with Gasteiger partial charge in [0.15, 0.2) is 0 Å². The number of anilines is 1. The van der Waals surface area contributed by atoms with Gasteiger partial charge in [0.2, 0.25) is 15.9 Å². The van der Waals surface area contributed by atoms with E-state index in [0.29, 0.717) is 17.0 Å². The molecule has 0 saturated heterocycles. The highest BCUT2D eigenvalue weighted by molar-refractivity contribution is 7.89. The van der Waals surface area contributed by atoms with E-state index < -0.39 is 16.1 Å². The molecule has 0 aliphatic heterocycles. The van der Waals surface area contributed by atoms with Crippen molar-refractivity contribution in [2.45, 2.75) is 24.8 Å². The number of carbonyl (C=O) groups excluding carboxylic acids is 1. The van der Waals surface area contributed by atoms with Gasteiger partial charge in [-0.25, -0.2) is 13.1 Å². The monoisotopic (exact) mass is 358 g/mol. The summed E-state index contributed by atoms with van der Waals surface area (Å²) >= 11 is 0. The molecule has 130 valence electrons. The molecule has 3 aromatic rings. The number of hydrogen-bond donors (Lipinski definition) is 2. The van der Waals surface area contributed by atoms with Crippen molar-refractivity contribution in [3.8, 4) is 0 Å². The molecule has 1 heterocycles. The minimum atomic E-state index is -3.71. The van der Waals surface area contributed by atoms with Crippen molar-refractivity contribution in [1.29, 1.82) is 0 Å². The van der Waals surface area contributed by atoms with E-state index in [-0.39, 0.29) is 10.8 Å². The molecule has 2 N–H and O–H groups in total. The lowest BCUT2D eigenvalue weighted by Crippen LogP contribution is -2.26. The van der Waals surface area contributed by atoms with Crippen LogP contribution in [0, 0.1) is 0 Å². The SMILES string of the molecule is CC(=O)Nc1ccc(S(=O)(=O)N[C@H](C)c2cc3ccccc3o2)cc1. The first-order valence-corrected chi connectivity index (χ1v) is 9.22. The van der Waals surface area contributed by atoms with Gasteiger partial charge in [-0.15, -0.1) is 0 Å². The topological polar surface area (TPSA) is 88.4 Å². The molecule has 25 heavy (non-hydrogen) atoms. The molecule has 0 aliphatic rings. The molecule has 6 nitrogen and oxygen atoms in total. The third-order valence-electron chi connectivity index (χ3n) is 3.69. The van der Waals surface area contributed by atoms with Gasteiger partial charge in [0, 0.05) is 18.0 Å². The molecule has 3 rings (SSSR count). The van der Waals surface area contributed by atoms with Crippen molar-refractivity contribution in [3.05, 3.63) is 60.4 Å². The molecule has 1 amide bonds. The number of sulfonamides is 1. The van der Waals surface area contributed by atoms with E-state index >= 15 is 0 Å². The van der Waals surface area contributed by atoms with Crippen molar-refractivity contribution in [3.63, 3.8) is 0 Å². The number of fused-ring (bicyclic) bond motifs is 1. The van der Waals surface area contributed by atoms with Crippen LogP contribution in [0.3, 0.4) is 0 Å². The molecular formula is C18H18N2O4S. The zero-order valence-electron chi connectivity index (χ0n) is 13.8. The zero-order valence-corrected chi connectivity index (χ0v) is 14.6. The number of para-hydroxylation sites is 1. The van der Waals surface area contributed by atoms with Gasteiger partial charge in [0.05, 0.1) is 10.9 Å². The Hall–Kier alpha value is -2.64. The van der Waals surface area contributed by atoms with Crippen LogP contribution in [-0.2, 0) is 14.8 Å². The van der Waals surface area contributed by atoms with Crippen LogP contribution < -0.4 is 10.0 Å². The molecule has 0 saturated carbocycles. The first kappa shape index (κ1) is 17.2. The Morgan fingerprint density at radius 3 is 2.40 bits per heavy atom. The highest BCUT2D eigenvalue weighted by Crippen LogP contribution is 2.25. The van der Waals surface area contributed by atoms with Crippen LogP contribution in [-0.4, -0.2) is 14.3 Å². The summed E-state index contributed by atoms with van der Waals surface area (Å²) < 4.78 is 33.4. The molecule has 2 aromatic carbocycles. The average Bonchev–Trinajstić information content (AvgIpc) is 2.98. The predicted octanol–water partition coefficient (Wildman–Crippen LogP) is 3.43. The Labute approximate surface area is 145 Å². The largest absolute Gasteiger partial charge is 0.459 e. The van der Waals surface area contributed by atoms with E-state index in [2.05, 4.69) is 10.0 Å². The van der Waals surface area contributed by atoms with E-state index in [0.717, 1.165) is 5.39 Å². The summed E-state index contributed by atoms with van der Waals surface area (Å²) in [6, 6.07) is 14.8. The number of hydrogen-bond acceptors (Lipinski definition) is 4. The number of furan rings is 1. The minimum absolute atomic E-state index is 0.115. The third-order valence-corrected chi connectivity index (χ3v) is 5.24. The van der Waals surface area contributed by atoms with E-state index in [4.69, 9.17) is 4.42 Å². The molecular weight excluding hydrogens is 340 g/mol. The van der Waals surface area contributed by atoms with Crippen molar-refractivity contribution in [2.24, 2.45) is 0 Å². The Morgan fingerprint density at radius 1 is 1.08 bits per heavy atom. The van der Waals surface area contributed by atoms with Crippen LogP contribution in [0.2, 0.25) is 0 Å². The summed E-state index contributed by atoms with van der Waals surface area (Å²) in [5.41, 5.74) is 1.25. The van der Waals surface area contributed by atoms with E-state index in [1.54, 1.807) is 19.1 Å². The second kappa shape index (κ2) is 6.70. The summed E-state index contributed by atoms with van der Waals surface area (Å²) in [5, 5.41) is 3.52. The third kappa shape index (κ3) is 3.89. The second-order valence-corrected chi connectivity index (χ2v) is 7.45. The Kier molecular flexibility index (Phi) is 4.61. The lowest BCUT2D eigenvalue weighted by Gasteiger charge is -2.12. The summed E-state index contributed by atoms with van der Waals surface area (Å²) in [7, 11) is -3.71. The predicted molar refractivity (Wildman–Crippen MR) is 95.7 cm³/mol. The first-order chi connectivity index (χ1) is 11.8. The maximum Gasteiger partial charge on any atom is 0.241 e. The average molecular weight is 358 g/mol. The lowest BCUT2D eigenvalue weighted by atomic mass is 10.2. The summed E-state index contributed by atoms with van der Waals surface area (Å²) in [6.07, 6.45) is 0. The van der Waals surface area contributed by atoms with Crippen LogP contribution in [0.15, 0.2) is 63.9 Å². The Morgan fingerprint density at radius 2 is 1.76 bits per heavy atom. The molecule has 0 radical (unpaired) electrons. The van der Waals surface area contributed by atoms with Crippen LogP contribution in [0.4, 0.5) is 5.69 Å². The van der Waals surface area contributed by atoms with Crippen LogP contribution in [0.1, 0.15) is 25.6 Å². The highest BCUT2D eigenvalue weighted by atomic mass is 32.2. The van der Waals surface area contributed by atoms with Crippen molar-refractivity contribution in [1.82, 2.24) is 4.72 Å². The van der Waals surface area contributed by atoms with Gasteiger partial charge in [0.25, 0.3) is 0 Å². The molecule has 0 aliphatic carbocycles. The van der Waals surface area contributed by atoms with E-state index in [1.807, 2.05) is 30.3 Å². The van der Waals surface area contributed by atoms with Crippen LogP contribution in [0.5, 0.6) is 0 Å². The molecule has 0 unspecified atom stereocenters. The summed E-state index contributed by atoms with van der Waals surface area (Å²) in [5.74, 6) is 0.326. The lowest BCUT2D eigenvalue weighted by molar-refractivity contribution is -0.114. The smallest absolute Gasteiger partial charge is 0.241 e. The summed E-state index contributed by atoms with van der Waals surface area (Å²) in [6.45, 7) is 3.11. The second-order valence-electron chi connectivity index (χ2n) is 5.74. The number of benzene rings is 2. The van der Waals surface area contributed by atoms with Gasteiger partial charge in [-0.3, -0.25) is 4.79 Å². The Balaban J connectivity index is 1.79. The number of nitrogens with one attached hydrogen (secondary N) is 2. The molecule has 1 atom stereocenters. The number of carbonyl (C=O) groups is 1. The maximum atomic E-state index is 12.5. The zero-order chi connectivity index (χ0) is 18.0. The quantitative estimate of drug-likeness (QED) is 0.731. The van der Waals surface area contributed by atoms with Crippen molar-refractivity contribution >= 4 is 32.6 Å². The molecule has 7 heteroatoms. The van der Waals surface area contributed by atoms with Gasteiger partial charge < -0.3 is 9.73 Å². The summed E-state index contributed by atoms with van der Waals surface area (Å²) in [4.78, 5) is 11.1. The molecule has 0 fully saturated rings. The van der Waals surface area contributed by atoms with Gasteiger partial charge in [-0.1, -0.05) is 18.2 Å². The standard InChI is InChI=1S/C18H18N2O4S/c1-12(18-11-14-5-3-4-6-17(14)24-18)20-25(22,23)16-9-7-15(8-10-16)19-13(2)21/h3-12,20H,1-2H3,(H,19,21)/t12-/m1/s1. The maximum absolute atomic E-state index is 12.5. The molecule has 1 aromatic heterocycles. The Bertz CT molecular complexity index is 974. The fourth-order valence-electron chi connectivity index (χ4n) is 2.50. The minimum Gasteiger partial charge on any atom is -0.459 e. The first-order valence-electron chi connectivity index (χ1n) is 7.73. The van der Waals surface area contributed by atoms with E-state index in [1.165, 1.54) is 19.1 Å². The van der Waals surface area contributed by atoms with Crippen LogP contribution >= 0.6 is 0 Å². The van der Waals surface area contributed by atoms with Gasteiger partial charge in [-0.05, 0) is 43.3 Å². The molecule has 0 spiro atoms.